The van der Waals surface area contributed by atoms with Crippen molar-refractivity contribution in [3.05, 3.63) is 28.3 Å². The molecule has 0 radical (unpaired) electrons. The Morgan fingerprint density at radius 1 is 1.35 bits per heavy atom. The molecular weight excluding hydrogens is 282 g/mol. The van der Waals surface area contributed by atoms with Gasteiger partial charge in [0.05, 0.1) is 7.11 Å². The van der Waals surface area contributed by atoms with Crippen molar-refractivity contribution < 1.29 is 9.53 Å². The van der Waals surface area contributed by atoms with Crippen LogP contribution in [0.2, 0.25) is 0 Å². The van der Waals surface area contributed by atoms with Crippen molar-refractivity contribution in [3.63, 3.8) is 0 Å². The molecular formula is C13H18BrNO2. The number of aryl methyl sites for hydroxylation is 1. The molecule has 0 saturated carbocycles. The van der Waals surface area contributed by atoms with Crippen molar-refractivity contribution in [2.75, 3.05) is 13.7 Å². The number of benzene rings is 1. The maximum Gasteiger partial charge on any atom is 0.287 e. The molecule has 17 heavy (non-hydrogen) atoms. The van der Waals surface area contributed by atoms with Crippen LogP contribution < -0.4 is 10.1 Å². The van der Waals surface area contributed by atoms with E-state index in [0.29, 0.717) is 6.54 Å². The summed E-state index contributed by atoms with van der Waals surface area (Å²) in [5.74, 6) is 0.954. The predicted octanol–water partition coefficient (Wildman–Crippen LogP) is 3.27. The lowest BCUT2D eigenvalue weighted by molar-refractivity contribution is 0.262. The fourth-order valence-electron chi connectivity index (χ4n) is 2.01. The SMILES string of the molecule is COc1c(C)cc(CCNC(=O)Br)c(C)c1C. The van der Waals surface area contributed by atoms with Gasteiger partial charge in [0.1, 0.15) is 5.75 Å². The molecule has 1 amide bonds. The van der Waals surface area contributed by atoms with Crippen LogP contribution in [0.15, 0.2) is 6.07 Å². The standard InChI is InChI=1S/C13H18BrNO2/c1-8-7-11(5-6-15-13(14)16)9(2)10(3)12(8)17-4/h7H,5-6H2,1-4H3,(H,15,16). The Bertz CT molecular complexity index is 430. The first-order valence-electron chi connectivity index (χ1n) is 5.54. The number of carbonyl (C=O) groups excluding carboxylic acids is 1. The van der Waals surface area contributed by atoms with E-state index in [2.05, 4.69) is 41.2 Å². The molecule has 0 heterocycles. The van der Waals surface area contributed by atoms with Crippen LogP contribution in [0.1, 0.15) is 22.3 Å². The summed E-state index contributed by atoms with van der Waals surface area (Å²) < 4.78 is 5.38. The molecule has 1 aromatic rings. The summed E-state index contributed by atoms with van der Waals surface area (Å²) in [5.41, 5.74) is 4.79. The zero-order valence-corrected chi connectivity index (χ0v) is 12.3. The zero-order valence-electron chi connectivity index (χ0n) is 10.7. The number of nitrogens with one attached hydrogen (secondary N) is 1. The third kappa shape index (κ3) is 3.46. The van der Waals surface area contributed by atoms with E-state index < -0.39 is 0 Å². The number of halogens is 1. The summed E-state index contributed by atoms with van der Waals surface area (Å²) in [7, 11) is 1.69. The fraction of sp³-hybridized carbons (Fsp3) is 0.462. The van der Waals surface area contributed by atoms with Gasteiger partial charge in [-0.1, -0.05) is 6.07 Å². The highest BCUT2D eigenvalue weighted by Crippen LogP contribution is 2.28. The van der Waals surface area contributed by atoms with Gasteiger partial charge in [-0.05, 0) is 49.4 Å². The Morgan fingerprint density at radius 2 is 2.00 bits per heavy atom. The number of methoxy groups -OCH3 is 1. The number of rotatable bonds is 4. The Kier molecular flexibility index (Phi) is 5.00. The van der Waals surface area contributed by atoms with Crippen molar-refractivity contribution >= 4 is 20.7 Å². The van der Waals surface area contributed by atoms with Gasteiger partial charge in [-0.3, -0.25) is 4.79 Å². The van der Waals surface area contributed by atoms with Gasteiger partial charge >= 0.3 is 0 Å². The van der Waals surface area contributed by atoms with E-state index in [0.717, 1.165) is 17.7 Å². The number of hydrogen-bond acceptors (Lipinski definition) is 2. The predicted molar refractivity (Wildman–Crippen MR) is 73.2 cm³/mol. The molecule has 4 heteroatoms. The van der Waals surface area contributed by atoms with E-state index in [-0.39, 0.29) is 4.82 Å². The fourth-order valence-corrected chi connectivity index (χ4v) is 2.21. The molecule has 0 bridgehead atoms. The number of carbonyl (C=O) groups is 1. The lowest BCUT2D eigenvalue weighted by atomic mass is 9.96. The third-order valence-corrected chi connectivity index (χ3v) is 3.28. The molecule has 3 nitrogen and oxygen atoms in total. The van der Waals surface area contributed by atoms with Crippen molar-refractivity contribution in [1.29, 1.82) is 0 Å². The topological polar surface area (TPSA) is 38.3 Å². The van der Waals surface area contributed by atoms with Gasteiger partial charge < -0.3 is 10.1 Å². The summed E-state index contributed by atoms with van der Waals surface area (Å²) in [6, 6.07) is 2.13. The van der Waals surface area contributed by atoms with Gasteiger partial charge in [-0.2, -0.15) is 0 Å². The van der Waals surface area contributed by atoms with E-state index in [9.17, 15) is 4.79 Å². The molecule has 0 aliphatic rings. The van der Waals surface area contributed by atoms with E-state index >= 15 is 0 Å². The average molecular weight is 300 g/mol. The highest BCUT2D eigenvalue weighted by Gasteiger charge is 2.10. The molecule has 1 rings (SSSR count). The summed E-state index contributed by atoms with van der Waals surface area (Å²) in [5, 5.41) is 2.74. The molecule has 0 unspecified atom stereocenters. The van der Waals surface area contributed by atoms with Gasteiger partial charge in [0.15, 0.2) is 0 Å². The lowest BCUT2D eigenvalue weighted by Crippen LogP contribution is -2.19. The molecule has 1 aromatic carbocycles. The lowest BCUT2D eigenvalue weighted by Gasteiger charge is -2.15. The second-order valence-electron chi connectivity index (χ2n) is 4.09. The van der Waals surface area contributed by atoms with Crippen molar-refractivity contribution in [3.8, 4) is 5.75 Å². The molecule has 0 saturated heterocycles. The minimum atomic E-state index is -0.169. The van der Waals surface area contributed by atoms with Crippen molar-refractivity contribution in [2.24, 2.45) is 0 Å². The maximum atomic E-state index is 10.7. The first-order valence-corrected chi connectivity index (χ1v) is 6.33. The average Bonchev–Trinajstić information content (AvgIpc) is 2.25. The van der Waals surface area contributed by atoms with E-state index in [1.165, 1.54) is 16.7 Å². The third-order valence-electron chi connectivity index (χ3n) is 3.00. The van der Waals surface area contributed by atoms with Crippen LogP contribution in [0.4, 0.5) is 4.79 Å². The summed E-state index contributed by atoms with van der Waals surface area (Å²) in [4.78, 5) is 10.6. The van der Waals surface area contributed by atoms with Crippen LogP contribution in [0.5, 0.6) is 5.75 Å². The minimum absolute atomic E-state index is 0.169. The Balaban J connectivity index is 2.90. The van der Waals surface area contributed by atoms with Crippen molar-refractivity contribution in [1.82, 2.24) is 5.32 Å². The second-order valence-corrected chi connectivity index (χ2v) is 4.81. The molecule has 0 atom stereocenters. The molecule has 0 aliphatic carbocycles. The quantitative estimate of drug-likeness (QED) is 0.684. The Labute approximate surface area is 111 Å². The molecule has 0 aromatic heterocycles. The first kappa shape index (κ1) is 14.0. The molecule has 0 spiro atoms. The monoisotopic (exact) mass is 299 g/mol. The molecule has 0 aliphatic heterocycles. The van der Waals surface area contributed by atoms with Crippen LogP contribution in [0.3, 0.4) is 0 Å². The number of amides is 1. The molecule has 0 fully saturated rings. The number of hydrogen-bond donors (Lipinski definition) is 1. The van der Waals surface area contributed by atoms with Gasteiger partial charge in [0, 0.05) is 22.5 Å². The van der Waals surface area contributed by atoms with Gasteiger partial charge in [-0.25, -0.2) is 0 Å². The van der Waals surface area contributed by atoms with Gasteiger partial charge in [-0.15, -0.1) is 0 Å². The van der Waals surface area contributed by atoms with Crippen LogP contribution in [0, 0.1) is 20.8 Å². The summed E-state index contributed by atoms with van der Waals surface area (Å²) in [6.07, 6.45) is 0.828. The smallest absolute Gasteiger partial charge is 0.287 e. The van der Waals surface area contributed by atoms with E-state index in [4.69, 9.17) is 4.74 Å². The van der Waals surface area contributed by atoms with Gasteiger partial charge in [0.25, 0.3) is 4.82 Å². The Hall–Kier alpha value is -1.03. The second kappa shape index (κ2) is 6.05. The number of ether oxygens (including phenoxy) is 1. The molecule has 1 N–H and O–H groups in total. The highest BCUT2D eigenvalue weighted by molar-refractivity contribution is 9.18. The summed E-state index contributed by atoms with van der Waals surface area (Å²) in [6.45, 7) is 6.82. The normalized spacial score (nSPS) is 10.2. The Morgan fingerprint density at radius 3 is 2.53 bits per heavy atom. The molecule has 94 valence electrons. The van der Waals surface area contributed by atoms with Crippen LogP contribution in [-0.4, -0.2) is 18.5 Å². The maximum absolute atomic E-state index is 10.7. The van der Waals surface area contributed by atoms with Crippen molar-refractivity contribution in [2.45, 2.75) is 27.2 Å². The largest absolute Gasteiger partial charge is 0.496 e. The summed E-state index contributed by atoms with van der Waals surface area (Å²) >= 11 is 2.85. The van der Waals surface area contributed by atoms with E-state index in [1.807, 2.05) is 6.92 Å². The van der Waals surface area contributed by atoms with Crippen LogP contribution in [-0.2, 0) is 6.42 Å². The van der Waals surface area contributed by atoms with Gasteiger partial charge in [0.2, 0.25) is 0 Å². The van der Waals surface area contributed by atoms with Crippen LogP contribution in [0.25, 0.3) is 0 Å². The van der Waals surface area contributed by atoms with Crippen LogP contribution >= 0.6 is 15.9 Å². The van der Waals surface area contributed by atoms with E-state index in [1.54, 1.807) is 7.11 Å². The zero-order chi connectivity index (χ0) is 13.0. The minimum Gasteiger partial charge on any atom is -0.496 e. The highest BCUT2D eigenvalue weighted by atomic mass is 79.9. The first-order chi connectivity index (χ1) is 7.97.